The number of nitrogens with zero attached hydrogens (tertiary/aromatic N) is 4. The van der Waals surface area contributed by atoms with Gasteiger partial charge in [0.25, 0.3) is 0 Å². The highest BCUT2D eigenvalue weighted by molar-refractivity contribution is 7.89. The maximum absolute atomic E-state index is 13.8. The Morgan fingerprint density at radius 1 is 1.00 bits per heavy atom. The first kappa shape index (κ1) is 27.0. The fourth-order valence-electron chi connectivity index (χ4n) is 6.04. The van der Waals surface area contributed by atoms with Gasteiger partial charge in [0.05, 0.1) is 29.4 Å². The SMILES string of the molecule is COc1ccc(S(=O)(=O)N2CCC(Cc3ccccc3)(c3cc4cnn(-c5ccc(=O)n(C)c5)c4cc3C)C2)cc1. The number of aryl methyl sites for hydroxylation is 2. The van der Waals surface area contributed by atoms with Crippen molar-refractivity contribution in [3.8, 4) is 11.4 Å². The second-order valence-corrected chi connectivity index (χ2v) is 12.8. The molecule has 1 fully saturated rings. The third-order valence-electron chi connectivity index (χ3n) is 8.20. The molecule has 3 aromatic carbocycles. The molecule has 0 aliphatic carbocycles. The Labute approximate surface area is 239 Å². The van der Waals surface area contributed by atoms with E-state index < -0.39 is 15.4 Å². The van der Waals surface area contributed by atoms with Gasteiger partial charge in [-0.2, -0.15) is 9.40 Å². The lowest BCUT2D eigenvalue weighted by Gasteiger charge is -2.32. The van der Waals surface area contributed by atoms with Gasteiger partial charge in [0.2, 0.25) is 15.6 Å². The topological polar surface area (TPSA) is 86.4 Å². The van der Waals surface area contributed by atoms with E-state index in [2.05, 4.69) is 36.3 Å². The van der Waals surface area contributed by atoms with E-state index in [1.807, 2.05) is 29.1 Å². The number of ether oxygens (including phenoxy) is 1. The minimum absolute atomic E-state index is 0.0816. The zero-order valence-corrected chi connectivity index (χ0v) is 24.1. The van der Waals surface area contributed by atoms with Crippen LogP contribution in [0.15, 0.2) is 101 Å². The number of hydrogen-bond acceptors (Lipinski definition) is 5. The molecule has 6 rings (SSSR count). The molecule has 1 unspecified atom stereocenters. The van der Waals surface area contributed by atoms with Crippen molar-refractivity contribution in [3.05, 3.63) is 118 Å². The Morgan fingerprint density at radius 3 is 2.46 bits per heavy atom. The van der Waals surface area contributed by atoms with Gasteiger partial charge in [-0.05, 0) is 78.9 Å². The van der Waals surface area contributed by atoms with Crippen LogP contribution in [0.1, 0.15) is 23.1 Å². The third-order valence-corrected chi connectivity index (χ3v) is 10.1. The van der Waals surface area contributed by atoms with Crippen LogP contribution in [-0.2, 0) is 28.9 Å². The predicted octanol–water partition coefficient (Wildman–Crippen LogP) is 4.62. The van der Waals surface area contributed by atoms with Gasteiger partial charge in [-0.15, -0.1) is 0 Å². The number of hydrogen-bond donors (Lipinski definition) is 0. The molecule has 2 aromatic heterocycles. The minimum atomic E-state index is -3.70. The van der Waals surface area contributed by atoms with E-state index in [9.17, 15) is 13.2 Å². The van der Waals surface area contributed by atoms with Gasteiger partial charge in [0.1, 0.15) is 5.75 Å². The second-order valence-electron chi connectivity index (χ2n) is 10.8. The molecule has 3 heterocycles. The highest BCUT2D eigenvalue weighted by Crippen LogP contribution is 2.42. The Bertz CT molecular complexity index is 1900. The first-order valence-corrected chi connectivity index (χ1v) is 15.0. The molecule has 0 amide bonds. The molecule has 9 heteroatoms. The van der Waals surface area contributed by atoms with Crippen molar-refractivity contribution in [2.75, 3.05) is 20.2 Å². The van der Waals surface area contributed by atoms with Crippen molar-refractivity contribution in [1.82, 2.24) is 18.7 Å². The van der Waals surface area contributed by atoms with E-state index in [1.54, 1.807) is 55.0 Å². The Morgan fingerprint density at radius 2 is 1.76 bits per heavy atom. The normalized spacial score (nSPS) is 17.7. The monoisotopic (exact) mass is 568 g/mol. The van der Waals surface area contributed by atoms with Crippen LogP contribution >= 0.6 is 0 Å². The van der Waals surface area contributed by atoms with Gasteiger partial charge in [-0.1, -0.05) is 30.3 Å². The molecular formula is C32H32N4O4S. The number of pyridine rings is 1. The predicted molar refractivity (Wildman–Crippen MR) is 159 cm³/mol. The number of fused-ring (bicyclic) bond motifs is 1. The summed E-state index contributed by atoms with van der Waals surface area (Å²) in [5.41, 5.74) is 4.59. The van der Waals surface area contributed by atoms with Crippen LogP contribution in [0.3, 0.4) is 0 Å². The summed E-state index contributed by atoms with van der Waals surface area (Å²) < 4.78 is 37.7. The number of sulfonamides is 1. The van der Waals surface area contributed by atoms with Crippen LogP contribution in [-0.4, -0.2) is 47.3 Å². The summed E-state index contributed by atoms with van der Waals surface area (Å²) in [6.45, 7) is 2.88. The maximum atomic E-state index is 13.8. The molecule has 210 valence electrons. The zero-order chi connectivity index (χ0) is 28.8. The fraction of sp³-hybridized carbons (Fsp3) is 0.250. The van der Waals surface area contributed by atoms with Crippen LogP contribution in [0.4, 0.5) is 0 Å². The molecule has 1 atom stereocenters. The van der Waals surface area contributed by atoms with Gasteiger partial charge in [-0.25, -0.2) is 13.1 Å². The van der Waals surface area contributed by atoms with Gasteiger partial charge in [0, 0.05) is 43.2 Å². The third kappa shape index (κ3) is 4.85. The Kier molecular flexibility index (Phi) is 6.79. The van der Waals surface area contributed by atoms with Crippen LogP contribution in [0, 0.1) is 6.92 Å². The fourth-order valence-corrected chi connectivity index (χ4v) is 7.57. The number of methoxy groups -OCH3 is 1. The highest BCUT2D eigenvalue weighted by Gasteiger charge is 2.45. The molecule has 5 aromatic rings. The highest BCUT2D eigenvalue weighted by atomic mass is 32.2. The van der Waals surface area contributed by atoms with E-state index in [-0.39, 0.29) is 10.5 Å². The number of aromatic nitrogens is 3. The largest absolute Gasteiger partial charge is 0.497 e. The number of benzene rings is 3. The molecule has 1 saturated heterocycles. The van der Waals surface area contributed by atoms with Crippen molar-refractivity contribution < 1.29 is 13.2 Å². The zero-order valence-electron chi connectivity index (χ0n) is 23.3. The van der Waals surface area contributed by atoms with E-state index in [4.69, 9.17) is 4.74 Å². The van der Waals surface area contributed by atoms with Gasteiger partial charge in [0.15, 0.2) is 0 Å². The summed E-state index contributed by atoms with van der Waals surface area (Å²) in [6.07, 6.45) is 5.01. The van der Waals surface area contributed by atoms with Crippen LogP contribution in [0.25, 0.3) is 16.6 Å². The maximum Gasteiger partial charge on any atom is 0.250 e. The van der Waals surface area contributed by atoms with Crippen molar-refractivity contribution in [2.24, 2.45) is 7.05 Å². The Hall–Kier alpha value is -4.21. The van der Waals surface area contributed by atoms with Gasteiger partial charge < -0.3 is 9.30 Å². The molecular weight excluding hydrogens is 536 g/mol. The molecule has 1 aliphatic rings. The van der Waals surface area contributed by atoms with Crippen LogP contribution in [0.2, 0.25) is 0 Å². The lowest BCUT2D eigenvalue weighted by atomic mass is 9.73. The van der Waals surface area contributed by atoms with Crippen LogP contribution < -0.4 is 10.3 Å². The summed E-state index contributed by atoms with van der Waals surface area (Å²) >= 11 is 0. The van der Waals surface area contributed by atoms with E-state index >= 15 is 0 Å². The molecule has 8 nitrogen and oxygen atoms in total. The quantitative estimate of drug-likeness (QED) is 0.286. The van der Waals surface area contributed by atoms with Gasteiger partial charge >= 0.3 is 0 Å². The van der Waals surface area contributed by atoms with Gasteiger partial charge in [-0.3, -0.25) is 4.79 Å². The molecule has 0 N–H and O–H groups in total. The molecule has 0 spiro atoms. The van der Waals surface area contributed by atoms with E-state index in [1.165, 1.54) is 10.6 Å². The first-order valence-electron chi connectivity index (χ1n) is 13.5. The standard InChI is InChI=1S/C32H32N4O4S/c1-23-17-30-25(20-33-36(30)26-9-14-31(37)34(2)21-26)18-29(23)32(19-24-7-5-4-6-8-24)15-16-35(22-32)41(38,39)28-12-10-27(40-3)11-13-28/h4-14,17-18,20-21H,15-16,19,22H2,1-3H3. The van der Waals surface area contributed by atoms with Crippen molar-refractivity contribution in [3.63, 3.8) is 0 Å². The van der Waals surface area contributed by atoms with E-state index in [0.717, 1.165) is 33.3 Å². The molecule has 0 saturated carbocycles. The summed E-state index contributed by atoms with van der Waals surface area (Å²) in [6, 6.07) is 24.4. The summed E-state index contributed by atoms with van der Waals surface area (Å²) in [7, 11) is -0.412. The van der Waals surface area contributed by atoms with Crippen molar-refractivity contribution in [1.29, 1.82) is 0 Å². The lowest BCUT2D eigenvalue weighted by molar-refractivity contribution is 0.411. The molecule has 0 radical (unpaired) electrons. The molecule has 1 aliphatic heterocycles. The number of rotatable bonds is 7. The smallest absolute Gasteiger partial charge is 0.250 e. The average molecular weight is 569 g/mol. The minimum Gasteiger partial charge on any atom is -0.497 e. The van der Waals surface area contributed by atoms with Crippen molar-refractivity contribution >= 4 is 20.9 Å². The molecule has 0 bridgehead atoms. The average Bonchev–Trinajstić information content (AvgIpc) is 3.60. The second kappa shape index (κ2) is 10.3. The summed E-state index contributed by atoms with van der Waals surface area (Å²) in [5.74, 6) is 0.617. The van der Waals surface area contributed by atoms with E-state index in [0.29, 0.717) is 31.7 Å². The molecule has 41 heavy (non-hydrogen) atoms. The Balaban J connectivity index is 1.42. The lowest BCUT2D eigenvalue weighted by Crippen LogP contribution is -2.36. The summed E-state index contributed by atoms with van der Waals surface area (Å²) in [5, 5.41) is 5.61. The summed E-state index contributed by atoms with van der Waals surface area (Å²) in [4.78, 5) is 12.2. The van der Waals surface area contributed by atoms with Crippen molar-refractivity contribution in [2.45, 2.75) is 30.1 Å². The first-order chi connectivity index (χ1) is 19.7. The van der Waals surface area contributed by atoms with Crippen LogP contribution in [0.5, 0.6) is 5.75 Å².